The topological polar surface area (TPSA) is 87.7 Å². The van der Waals surface area contributed by atoms with Crippen molar-refractivity contribution >= 4 is 39.5 Å². The summed E-state index contributed by atoms with van der Waals surface area (Å²) in [6, 6.07) is 17.1. The highest BCUT2D eigenvalue weighted by molar-refractivity contribution is 7.99. The van der Waals surface area contributed by atoms with Crippen LogP contribution < -0.4 is 10.9 Å². The van der Waals surface area contributed by atoms with Crippen molar-refractivity contribution in [3.63, 3.8) is 0 Å². The molecule has 0 aliphatic heterocycles. The monoisotopic (exact) mass is 416 g/mol. The minimum atomic E-state index is -0.154. The molecule has 2 aromatic carbocycles. The van der Waals surface area contributed by atoms with E-state index in [1.165, 1.54) is 11.8 Å². The Morgan fingerprint density at radius 3 is 2.47 bits per heavy atom. The second-order valence-electron chi connectivity index (χ2n) is 7.50. The Morgan fingerprint density at radius 1 is 1.07 bits per heavy atom. The quantitative estimate of drug-likeness (QED) is 0.476. The van der Waals surface area contributed by atoms with Gasteiger partial charge in [-0.3, -0.25) is 9.59 Å². The van der Waals surface area contributed by atoms with Gasteiger partial charge in [-0.25, -0.2) is 9.97 Å². The number of aromatic amines is 1. The zero-order valence-corrected chi connectivity index (χ0v) is 17.2. The van der Waals surface area contributed by atoms with Gasteiger partial charge in [0.15, 0.2) is 0 Å². The molecule has 0 spiro atoms. The van der Waals surface area contributed by atoms with Gasteiger partial charge in [-0.05, 0) is 44.0 Å². The van der Waals surface area contributed by atoms with Crippen molar-refractivity contribution < 1.29 is 4.79 Å². The van der Waals surface area contributed by atoms with Crippen LogP contribution in [0.4, 0.5) is 0 Å². The van der Waals surface area contributed by atoms with Gasteiger partial charge in [-0.1, -0.05) is 42.1 Å². The second-order valence-corrected chi connectivity index (χ2v) is 8.86. The van der Waals surface area contributed by atoms with Crippen molar-refractivity contribution in [2.24, 2.45) is 0 Å². The molecule has 1 saturated carbocycles. The lowest BCUT2D eigenvalue weighted by Gasteiger charge is -2.13. The number of rotatable bonds is 5. The molecule has 1 amide bonds. The number of aromatic nitrogens is 3. The highest BCUT2D eigenvalue weighted by Gasteiger charge is 2.25. The average Bonchev–Trinajstić information content (AvgIpc) is 3.57. The highest BCUT2D eigenvalue weighted by Crippen LogP contribution is 2.34. The van der Waals surface area contributed by atoms with Gasteiger partial charge < -0.3 is 10.3 Å². The third-order valence-electron chi connectivity index (χ3n) is 5.16. The number of nitrogens with zero attached hydrogens (tertiary/aromatic N) is 2. The molecule has 150 valence electrons. The normalized spacial score (nSPS) is 14.7. The van der Waals surface area contributed by atoms with E-state index >= 15 is 0 Å². The summed E-state index contributed by atoms with van der Waals surface area (Å²) in [7, 11) is 0. The summed E-state index contributed by atoms with van der Waals surface area (Å²) in [5, 5.41) is 5.05. The maximum Gasteiger partial charge on any atom is 0.258 e. The van der Waals surface area contributed by atoms with E-state index in [0.29, 0.717) is 22.3 Å². The summed E-state index contributed by atoms with van der Waals surface area (Å²) < 4.78 is 0. The number of fused-ring (bicyclic) bond motifs is 2. The Bertz CT molecular complexity index is 1330. The van der Waals surface area contributed by atoms with E-state index in [0.717, 1.165) is 28.8 Å². The number of hydrogen-bond acceptors (Lipinski definition) is 5. The Kier molecular flexibility index (Phi) is 4.75. The number of H-pyrrole nitrogens is 1. The minimum absolute atomic E-state index is 0.0668. The van der Waals surface area contributed by atoms with Crippen LogP contribution in [-0.2, 0) is 0 Å². The molecule has 1 unspecified atom stereocenters. The van der Waals surface area contributed by atoms with Gasteiger partial charge in [0.25, 0.3) is 11.5 Å². The third-order valence-corrected chi connectivity index (χ3v) is 6.19. The zero-order valence-electron chi connectivity index (χ0n) is 16.4. The molecule has 4 aromatic rings. The second kappa shape index (κ2) is 7.57. The number of amides is 1. The van der Waals surface area contributed by atoms with Gasteiger partial charge in [0.05, 0.1) is 32.3 Å². The Balaban J connectivity index is 1.50. The molecule has 0 radical (unpaired) electrons. The Labute approximate surface area is 177 Å². The largest absolute Gasteiger partial charge is 0.349 e. The molecule has 0 bridgehead atoms. The lowest BCUT2D eigenvalue weighted by Crippen LogP contribution is -2.25. The predicted octanol–water partition coefficient (Wildman–Crippen LogP) is 4.22. The highest BCUT2D eigenvalue weighted by atomic mass is 32.2. The van der Waals surface area contributed by atoms with E-state index in [1.807, 2.05) is 55.5 Å². The molecular weight excluding hydrogens is 396 g/mol. The number of carbonyl (C=O) groups is 1. The van der Waals surface area contributed by atoms with E-state index in [2.05, 4.69) is 15.3 Å². The minimum Gasteiger partial charge on any atom is -0.349 e. The van der Waals surface area contributed by atoms with Gasteiger partial charge >= 0.3 is 0 Å². The first-order valence-corrected chi connectivity index (χ1v) is 10.8. The summed E-state index contributed by atoms with van der Waals surface area (Å²) in [5.41, 5.74) is 1.91. The smallest absolute Gasteiger partial charge is 0.258 e. The van der Waals surface area contributed by atoms with Crippen LogP contribution in [0.5, 0.6) is 0 Å². The molecule has 0 saturated heterocycles. The van der Waals surface area contributed by atoms with E-state index < -0.39 is 0 Å². The Morgan fingerprint density at radius 2 is 1.73 bits per heavy atom. The molecule has 5 rings (SSSR count). The van der Waals surface area contributed by atoms with E-state index in [4.69, 9.17) is 4.98 Å². The fourth-order valence-corrected chi connectivity index (χ4v) is 4.35. The molecule has 1 aliphatic carbocycles. The number of para-hydroxylation sites is 2. The van der Waals surface area contributed by atoms with Gasteiger partial charge in [-0.15, -0.1) is 0 Å². The van der Waals surface area contributed by atoms with Crippen LogP contribution in [0, 0.1) is 0 Å². The van der Waals surface area contributed by atoms with Gasteiger partial charge in [-0.2, -0.15) is 0 Å². The molecule has 1 aliphatic rings. The van der Waals surface area contributed by atoms with Crippen molar-refractivity contribution in [1.82, 2.24) is 20.3 Å². The summed E-state index contributed by atoms with van der Waals surface area (Å²) in [6.07, 6.45) is 2.07. The molecule has 7 heteroatoms. The lowest BCUT2D eigenvalue weighted by atomic mass is 10.1. The Hall–Kier alpha value is -3.19. The van der Waals surface area contributed by atoms with Crippen LogP contribution in [0.15, 0.2) is 64.4 Å². The third kappa shape index (κ3) is 3.68. The predicted molar refractivity (Wildman–Crippen MR) is 119 cm³/mol. The van der Waals surface area contributed by atoms with Gasteiger partial charge in [0.2, 0.25) is 0 Å². The fourth-order valence-electron chi connectivity index (χ4n) is 3.42. The summed E-state index contributed by atoms with van der Waals surface area (Å²) in [4.78, 5) is 37.4. The number of benzene rings is 2. The SMILES string of the molecule is CC(Sc1cc(C(=O)NC2CC2)c2ccccc2n1)c1nc2ccccc2c(=O)[nH]1. The maximum absolute atomic E-state index is 12.8. The van der Waals surface area contributed by atoms with Crippen LogP contribution in [-0.4, -0.2) is 26.9 Å². The summed E-state index contributed by atoms with van der Waals surface area (Å²) in [6.45, 7) is 1.97. The summed E-state index contributed by atoms with van der Waals surface area (Å²) in [5.74, 6) is 0.519. The average molecular weight is 417 g/mol. The van der Waals surface area contributed by atoms with E-state index in [-0.39, 0.29) is 22.8 Å². The maximum atomic E-state index is 12.8. The van der Waals surface area contributed by atoms with Crippen molar-refractivity contribution in [2.45, 2.75) is 36.1 Å². The zero-order chi connectivity index (χ0) is 20.7. The van der Waals surface area contributed by atoms with Crippen molar-refractivity contribution in [3.8, 4) is 0 Å². The molecule has 2 N–H and O–H groups in total. The van der Waals surface area contributed by atoms with Crippen LogP contribution in [0.2, 0.25) is 0 Å². The van der Waals surface area contributed by atoms with Crippen molar-refractivity contribution in [1.29, 1.82) is 0 Å². The van der Waals surface area contributed by atoms with Crippen LogP contribution in [0.1, 0.15) is 41.2 Å². The van der Waals surface area contributed by atoms with Gasteiger partial charge in [0, 0.05) is 11.4 Å². The first-order valence-electron chi connectivity index (χ1n) is 9.95. The number of nitrogens with one attached hydrogen (secondary N) is 2. The van der Waals surface area contributed by atoms with Crippen molar-refractivity contribution in [3.05, 3.63) is 76.3 Å². The number of carbonyl (C=O) groups excluding carboxylic acids is 1. The van der Waals surface area contributed by atoms with Crippen LogP contribution in [0.25, 0.3) is 21.8 Å². The number of thioether (sulfide) groups is 1. The molecule has 2 heterocycles. The van der Waals surface area contributed by atoms with Crippen LogP contribution >= 0.6 is 11.8 Å². The van der Waals surface area contributed by atoms with Crippen LogP contribution in [0.3, 0.4) is 0 Å². The molecule has 30 heavy (non-hydrogen) atoms. The molecular formula is C23H20N4O2S. The lowest BCUT2D eigenvalue weighted by molar-refractivity contribution is 0.0952. The summed E-state index contributed by atoms with van der Waals surface area (Å²) >= 11 is 1.47. The van der Waals surface area contributed by atoms with Crippen molar-refractivity contribution in [2.75, 3.05) is 0 Å². The molecule has 2 aromatic heterocycles. The van der Waals surface area contributed by atoms with E-state index in [1.54, 1.807) is 6.07 Å². The van der Waals surface area contributed by atoms with E-state index in [9.17, 15) is 9.59 Å². The number of hydrogen-bond donors (Lipinski definition) is 2. The molecule has 6 nitrogen and oxygen atoms in total. The number of pyridine rings is 1. The molecule has 1 fully saturated rings. The first-order chi connectivity index (χ1) is 14.6. The van der Waals surface area contributed by atoms with Gasteiger partial charge in [0.1, 0.15) is 5.82 Å². The molecule has 1 atom stereocenters. The first kappa shape index (κ1) is 18.8. The standard InChI is InChI=1S/C23H20N4O2S/c1-13(21-26-19-9-5-3-7-16(19)22(28)27-21)30-20-12-17(23(29)24-14-10-11-14)15-6-2-4-8-18(15)25-20/h2-9,12-14H,10-11H2,1H3,(H,24,29)(H,26,27,28). The fraction of sp³-hybridized carbons (Fsp3) is 0.217.